The van der Waals surface area contributed by atoms with Crippen molar-refractivity contribution in [3.05, 3.63) is 48.0 Å². The Morgan fingerprint density at radius 3 is 2.17 bits per heavy atom. The number of aromatic carboxylic acids is 1. The summed E-state index contributed by atoms with van der Waals surface area (Å²) in [6, 6.07) is 5.99. The zero-order valence-corrected chi connectivity index (χ0v) is 10.6. The first-order chi connectivity index (χ1) is 8.47. The lowest BCUT2D eigenvalue weighted by atomic mass is 10.1. The van der Waals surface area contributed by atoms with Crippen molar-refractivity contribution in [1.29, 1.82) is 0 Å². The molecule has 96 valence electrons. The van der Waals surface area contributed by atoms with E-state index in [0.29, 0.717) is 12.1 Å². The van der Waals surface area contributed by atoms with Crippen LogP contribution in [0.5, 0.6) is 0 Å². The molecule has 0 saturated carbocycles. The number of amides is 1. The van der Waals surface area contributed by atoms with Crippen LogP contribution in [-0.4, -0.2) is 34.5 Å². The third-order valence-electron chi connectivity index (χ3n) is 2.59. The van der Waals surface area contributed by atoms with Crippen LogP contribution < -0.4 is 0 Å². The highest BCUT2D eigenvalue weighted by Crippen LogP contribution is 2.10. The molecule has 0 aromatic heterocycles. The van der Waals surface area contributed by atoms with Crippen LogP contribution in [0.25, 0.3) is 0 Å². The van der Waals surface area contributed by atoms with Crippen molar-refractivity contribution in [2.45, 2.75) is 19.9 Å². The molecule has 1 amide bonds. The summed E-state index contributed by atoms with van der Waals surface area (Å²) in [6.07, 6.45) is 1.67. The van der Waals surface area contributed by atoms with E-state index in [1.807, 2.05) is 13.8 Å². The molecule has 0 aliphatic carbocycles. The molecule has 18 heavy (non-hydrogen) atoms. The van der Waals surface area contributed by atoms with Crippen LogP contribution >= 0.6 is 0 Å². The van der Waals surface area contributed by atoms with Crippen molar-refractivity contribution in [3.63, 3.8) is 0 Å². The molecule has 0 bridgehead atoms. The van der Waals surface area contributed by atoms with E-state index in [9.17, 15) is 9.59 Å². The Morgan fingerprint density at radius 1 is 1.28 bits per heavy atom. The van der Waals surface area contributed by atoms with Crippen LogP contribution in [0.15, 0.2) is 36.9 Å². The standard InChI is InChI=1S/C14H17NO3/c1-4-9-15(10(2)3)13(16)11-5-7-12(8-6-11)14(17)18/h4-8,10H,1,9H2,2-3H3,(H,17,18). The van der Waals surface area contributed by atoms with Crippen LogP contribution in [0.2, 0.25) is 0 Å². The minimum absolute atomic E-state index is 0.0645. The number of rotatable bonds is 5. The number of benzene rings is 1. The maximum atomic E-state index is 12.2. The van der Waals surface area contributed by atoms with Crippen LogP contribution in [0, 0.1) is 0 Å². The molecule has 1 aromatic rings. The van der Waals surface area contributed by atoms with Crippen molar-refractivity contribution in [2.75, 3.05) is 6.54 Å². The quantitative estimate of drug-likeness (QED) is 0.813. The number of carboxylic acid groups (broad SMARTS) is 1. The van der Waals surface area contributed by atoms with Gasteiger partial charge in [0.25, 0.3) is 5.91 Å². The first-order valence-corrected chi connectivity index (χ1v) is 5.72. The second-order valence-corrected chi connectivity index (χ2v) is 4.22. The van der Waals surface area contributed by atoms with Gasteiger partial charge in [0.05, 0.1) is 5.56 Å². The Bertz CT molecular complexity index is 449. The summed E-state index contributed by atoms with van der Waals surface area (Å²) in [5.41, 5.74) is 0.655. The lowest BCUT2D eigenvalue weighted by molar-refractivity contribution is 0.0691. The molecular weight excluding hydrogens is 230 g/mol. The van der Waals surface area contributed by atoms with Gasteiger partial charge in [0.1, 0.15) is 0 Å². The van der Waals surface area contributed by atoms with Gasteiger partial charge in [-0.2, -0.15) is 0 Å². The molecule has 0 spiro atoms. The molecule has 0 unspecified atom stereocenters. The second-order valence-electron chi connectivity index (χ2n) is 4.22. The van der Waals surface area contributed by atoms with E-state index in [0.717, 1.165) is 0 Å². The molecule has 0 atom stereocenters. The highest BCUT2D eigenvalue weighted by Gasteiger charge is 2.17. The van der Waals surface area contributed by atoms with Gasteiger partial charge in [0, 0.05) is 18.2 Å². The summed E-state index contributed by atoms with van der Waals surface area (Å²) >= 11 is 0. The highest BCUT2D eigenvalue weighted by atomic mass is 16.4. The van der Waals surface area contributed by atoms with E-state index in [-0.39, 0.29) is 17.5 Å². The Morgan fingerprint density at radius 2 is 1.78 bits per heavy atom. The summed E-state index contributed by atoms with van der Waals surface area (Å²) in [7, 11) is 0. The molecule has 1 aromatic carbocycles. The molecule has 0 radical (unpaired) electrons. The third kappa shape index (κ3) is 3.20. The monoisotopic (exact) mass is 247 g/mol. The summed E-state index contributed by atoms with van der Waals surface area (Å²) in [5, 5.41) is 8.79. The second kappa shape index (κ2) is 6.00. The van der Waals surface area contributed by atoms with Crippen molar-refractivity contribution >= 4 is 11.9 Å². The number of hydrogen-bond acceptors (Lipinski definition) is 2. The molecular formula is C14H17NO3. The van der Waals surface area contributed by atoms with Gasteiger partial charge in [-0.05, 0) is 38.1 Å². The zero-order valence-electron chi connectivity index (χ0n) is 10.6. The van der Waals surface area contributed by atoms with Crippen molar-refractivity contribution in [2.24, 2.45) is 0 Å². The fourth-order valence-electron chi connectivity index (χ4n) is 1.59. The lowest BCUT2D eigenvalue weighted by Crippen LogP contribution is -2.37. The normalized spacial score (nSPS) is 10.2. The first kappa shape index (κ1) is 14.0. The molecule has 4 heteroatoms. The first-order valence-electron chi connectivity index (χ1n) is 5.72. The highest BCUT2D eigenvalue weighted by molar-refractivity contribution is 5.96. The van der Waals surface area contributed by atoms with E-state index < -0.39 is 5.97 Å². The van der Waals surface area contributed by atoms with Gasteiger partial charge in [-0.15, -0.1) is 6.58 Å². The zero-order chi connectivity index (χ0) is 13.7. The molecule has 0 aliphatic heterocycles. The molecule has 4 nitrogen and oxygen atoms in total. The summed E-state index contributed by atoms with van der Waals surface area (Å²) < 4.78 is 0. The van der Waals surface area contributed by atoms with Crippen molar-refractivity contribution in [1.82, 2.24) is 4.90 Å². The van der Waals surface area contributed by atoms with Gasteiger partial charge in [-0.1, -0.05) is 6.08 Å². The SMILES string of the molecule is C=CCN(C(=O)c1ccc(C(=O)O)cc1)C(C)C. The largest absolute Gasteiger partial charge is 0.478 e. The Kier molecular flexibility index (Phi) is 4.66. The lowest BCUT2D eigenvalue weighted by Gasteiger charge is -2.25. The van der Waals surface area contributed by atoms with Gasteiger partial charge in [-0.25, -0.2) is 4.79 Å². The van der Waals surface area contributed by atoms with Gasteiger partial charge in [0.2, 0.25) is 0 Å². The van der Waals surface area contributed by atoms with Gasteiger partial charge >= 0.3 is 5.97 Å². The van der Waals surface area contributed by atoms with E-state index in [4.69, 9.17) is 5.11 Å². The van der Waals surface area contributed by atoms with Crippen molar-refractivity contribution < 1.29 is 14.7 Å². The fourth-order valence-corrected chi connectivity index (χ4v) is 1.59. The minimum Gasteiger partial charge on any atom is -0.478 e. The number of hydrogen-bond donors (Lipinski definition) is 1. The molecule has 0 saturated heterocycles. The van der Waals surface area contributed by atoms with Gasteiger partial charge in [-0.3, -0.25) is 4.79 Å². The molecule has 1 rings (SSSR count). The van der Waals surface area contributed by atoms with Gasteiger partial charge < -0.3 is 10.0 Å². The third-order valence-corrected chi connectivity index (χ3v) is 2.59. The summed E-state index contributed by atoms with van der Waals surface area (Å²) in [6.45, 7) is 7.94. The number of carboxylic acids is 1. The van der Waals surface area contributed by atoms with Crippen molar-refractivity contribution in [3.8, 4) is 0 Å². The fraction of sp³-hybridized carbons (Fsp3) is 0.286. The number of nitrogens with zero attached hydrogens (tertiary/aromatic N) is 1. The Balaban J connectivity index is 2.94. The number of carbonyl (C=O) groups is 2. The Hall–Kier alpha value is -2.10. The average molecular weight is 247 g/mol. The van der Waals surface area contributed by atoms with Crippen LogP contribution in [-0.2, 0) is 0 Å². The van der Waals surface area contributed by atoms with Crippen LogP contribution in [0.4, 0.5) is 0 Å². The topological polar surface area (TPSA) is 57.6 Å². The van der Waals surface area contributed by atoms with E-state index in [2.05, 4.69) is 6.58 Å². The van der Waals surface area contributed by atoms with Gasteiger partial charge in [0.15, 0.2) is 0 Å². The van der Waals surface area contributed by atoms with Crippen LogP contribution in [0.1, 0.15) is 34.6 Å². The average Bonchev–Trinajstić information content (AvgIpc) is 2.35. The van der Waals surface area contributed by atoms with E-state index >= 15 is 0 Å². The molecule has 0 fully saturated rings. The molecule has 0 aliphatic rings. The minimum atomic E-state index is -0.999. The van der Waals surface area contributed by atoms with Crippen LogP contribution in [0.3, 0.4) is 0 Å². The predicted octanol–water partition coefficient (Wildman–Crippen LogP) is 2.42. The molecule has 0 heterocycles. The van der Waals surface area contributed by atoms with E-state index in [1.54, 1.807) is 11.0 Å². The smallest absolute Gasteiger partial charge is 0.335 e. The van der Waals surface area contributed by atoms with E-state index in [1.165, 1.54) is 24.3 Å². The maximum Gasteiger partial charge on any atom is 0.335 e. The Labute approximate surface area is 107 Å². The maximum absolute atomic E-state index is 12.2. The predicted molar refractivity (Wildman–Crippen MR) is 69.8 cm³/mol. The summed E-state index contributed by atoms with van der Waals surface area (Å²) in [5.74, 6) is -1.12. The molecule has 1 N–H and O–H groups in total. The number of carbonyl (C=O) groups excluding carboxylic acids is 1. The summed E-state index contributed by atoms with van der Waals surface area (Å²) in [4.78, 5) is 24.6.